The van der Waals surface area contributed by atoms with Crippen molar-refractivity contribution in [1.29, 1.82) is 0 Å². The summed E-state index contributed by atoms with van der Waals surface area (Å²) in [5.41, 5.74) is 0. The van der Waals surface area contributed by atoms with Gasteiger partial charge in [0.2, 0.25) is 5.91 Å². The smallest absolute Gasteiger partial charge is 0.220 e. The van der Waals surface area contributed by atoms with Crippen molar-refractivity contribution in [2.24, 2.45) is 0 Å². The van der Waals surface area contributed by atoms with Crippen LogP contribution in [0.3, 0.4) is 0 Å². The highest BCUT2D eigenvalue weighted by Crippen LogP contribution is 2.23. The van der Waals surface area contributed by atoms with Crippen LogP contribution in [0.5, 0.6) is 0 Å². The van der Waals surface area contributed by atoms with Gasteiger partial charge in [-0.1, -0.05) is 212 Å². The molecule has 7 atom stereocenters. The average molecular weight is 798 g/mol. The monoisotopic (exact) mass is 798 g/mol. The molecule has 1 rings (SSSR count). The number of aliphatic hydroxyl groups excluding tert-OH is 5. The van der Waals surface area contributed by atoms with Gasteiger partial charge in [-0.05, 0) is 19.3 Å². The zero-order valence-electron chi connectivity index (χ0n) is 36.4. The van der Waals surface area contributed by atoms with Crippen LogP contribution in [0.15, 0.2) is 12.2 Å². The molecule has 7 unspecified atom stereocenters. The van der Waals surface area contributed by atoms with Gasteiger partial charge < -0.3 is 40.3 Å². The number of carbonyl (C=O) groups is 1. The highest BCUT2D eigenvalue weighted by Gasteiger charge is 2.44. The van der Waals surface area contributed by atoms with Gasteiger partial charge in [-0.3, -0.25) is 4.79 Å². The number of carbonyl (C=O) groups excluding carboxylic acids is 1. The van der Waals surface area contributed by atoms with Crippen molar-refractivity contribution in [3.8, 4) is 0 Å². The SMILES string of the molecule is CCCCCCCCCCCCCCCCCCCCCCCCCCC/C=C/C(O)C(COC1OC(CO)C(O)C(O)C1O)NC(=O)CCCCCCCC. The van der Waals surface area contributed by atoms with Crippen LogP contribution in [-0.2, 0) is 14.3 Å². The van der Waals surface area contributed by atoms with Crippen LogP contribution < -0.4 is 5.32 Å². The fraction of sp³-hybridized carbons (Fsp3) is 0.936. The summed E-state index contributed by atoms with van der Waals surface area (Å²) in [7, 11) is 0. The summed E-state index contributed by atoms with van der Waals surface area (Å²) in [4.78, 5) is 12.8. The van der Waals surface area contributed by atoms with Crippen molar-refractivity contribution in [3.05, 3.63) is 12.2 Å². The van der Waals surface area contributed by atoms with Crippen molar-refractivity contribution in [2.45, 2.75) is 269 Å². The molecule has 0 spiro atoms. The van der Waals surface area contributed by atoms with Crippen molar-refractivity contribution in [3.63, 3.8) is 0 Å². The predicted octanol–water partition coefficient (Wildman–Crippen LogP) is 10.1. The van der Waals surface area contributed by atoms with E-state index in [2.05, 4.69) is 19.2 Å². The third-order valence-electron chi connectivity index (χ3n) is 11.6. The standard InChI is InChI=1S/C47H91NO8/c1-3-5-7-9-11-12-13-14-15-16-17-18-19-20-21-22-23-24-25-26-27-28-29-30-31-32-34-36-41(50)40(48-43(51)37-35-33-10-8-6-4-2)39-55-47-46(54)45(53)44(52)42(38-49)56-47/h34,36,40-42,44-47,49-50,52-54H,3-33,35,37-39H2,1-2H3,(H,48,51)/b36-34+. The van der Waals surface area contributed by atoms with Gasteiger partial charge >= 0.3 is 0 Å². The Labute approximate surface area is 344 Å². The molecule has 0 bridgehead atoms. The molecule has 1 saturated heterocycles. The van der Waals surface area contributed by atoms with Gasteiger partial charge in [0.25, 0.3) is 0 Å². The third-order valence-corrected chi connectivity index (χ3v) is 11.6. The van der Waals surface area contributed by atoms with E-state index in [9.17, 15) is 30.3 Å². The quantitative estimate of drug-likeness (QED) is 0.0265. The molecule has 0 saturated carbocycles. The maximum absolute atomic E-state index is 12.8. The summed E-state index contributed by atoms with van der Waals surface area (Å²) in [6.07, 6.45) is 37.4. The second-order valence-corrected chi connectivity index (χ2v) is 16.9. The van der Waals surface area contributed by atoms with Gasteiger partial charge in [0.1, 0.15) is 24.4 Å². The second kappa shape index (κ2) is 38.2. The molecule has 6 N–H and O–H groups in total. The lowest BCUT2D eigenvalue weighted by Crippen LogP contribution is -2.60. The van der Waals surface area contributed by atoms with Crippen LogP contribution in [0, 0.1) is 0 Å². The van der Waals surface area contributed by atoms with Crippen molar-refractivity contribution >= 4 is 5.91 Å². The van der Waals surface area contributed by atoms with Gasteiger partial charge in [-0.25, -0.2) is 0 Å². The molecule has 1 fully saturated rings. The first kappa shape index (κ1) is 52.9. The predicted molar refractivity (Wildman–Crippen MR) is 231 cm³/mol. The average Bonchev–Trinajstić information content (AvgIpc) is 3.20. The normalized spacial score (nSPS) is 21.2. The van der Waals surface area contributed by atoms with Crippen molar-refractivity contribution in [2.75, 3.05) is 13.2 Å². The highest BCUT2D eigenvalue weighted by molar-refractivity contribution is 5.76. The molecular weight excluding hydrogens is 707 g/mol. The number of amides is 1. The molecule has 56 heavy (non-hydrogen) atoms. The number of rotatable bonds is 40. The Morgan fingerprint density at radius 3 is 1.39 bits per heavy atom. The number of hydrogen-bond acceptors (Lipinski definition) is 8. The molecule has 9 heteroatoms. The van der Waals surface area contributed by atoms with E-state index >= 15 is 0 Å². The van der Waals surface area contributed by atoms with E-state index < -0.39 is 49.5 Å². The van der Waals surface area contributed by atoms with Crippen LogP contribution in [0.2, 0.25) is 0 Å². The summed E-state index contributed by atoms with van der Waals surface area (Å²) >= 11 is 0. The maximum atomic E-state index is 12.8. The fourth-order valence-electron chi connectivity index (χ4n) is 7.75. The Morgan fingerprint density at radius 2 is 0.982 bits per heavy atom. The molecule has 0 aromatic carbocycles. The topological polar surface area (TPSA) is 149 Å². The second-order valence-electron chi connectivity index (χ2n) is 16.9. The van der Waals surface area contributed by atoms with Gasteiger partial charge in [0.05, 0.1) is 25.4 Å². The van der Waals surface area contributed by atoms with Crippen molar-refractivity contribution < 1.29 is 39.8 Å². The van der Waals surface area contributed by atoms with E-state index in [0.717, 1.165) is 44.9 Å². The first-order valence-corrected chi connectivity index (χ1v) is 23.9. The molecule has 1 amide bonds. The summed E-state index contributed by atoms with van der Waals surface area (Å²) in [6.45, 7) is 3.71. The Hall–Kier alpha value is -1.07. The van der Waals surface area contributed by atoms with Crippen LogP contribution >= 0.6 is 0 Å². The van der Waals surface area contributed by atoms with E-state index in [4.69, 9.17) is 9.47 Å². The third kappa shape index (κ3) is 28.4. The number of unbranched alkanes of at least 4 members (excludes halogenated alkanes) is 30. The van der Waals surface area contributed by atoms with Crippen LogP contribution in [0.1, 0.15) is 226 Å². The van der Waals surface area contributed by atoms with Gasteiger partial charge in [0, 0.05) is 6.42 Å². The molecule has 1 heterocycles. The maximum Gasteiger partial charge on any atom is 0.220 e. The van der Waals surface area contributed by atoms with Crippen LogP contribution in [0.4, 0.5) is 0 Å². The lowest BCUT2D eigenvalue weighted by atomic mass is 9.99. The summed E-state index contributed by atoms with van der Waals surface area (Å²) in [6, 6.07) is -0.796. The van der Waals surface area contributed by atoms with Gasteiger partial charge in [-0.2, -0.15) is 0 Å². The largest absolute Gasteiger partial charge is 0.394 e. The zero-order chi connectivity index (χ0) is 40.9. The first-order chi connectivity index (χ1) is 27.3. The Balaban J connectivity index is 2.14. The zero-order valence-corrected chi connectivity index (χ0v) is 36.4. The van der Waals surface area contributed by atoms with E-state index in [-0.39, 0.29) is 12.5 Å². The van der Waals surface area contributed by atoms with Gasteiger partial charge in [0.15, 0.2) is 6.29 Å². The minimum Gasteiger partial charge on any atom is -0.394 e. The first-order valence-electron chi connectivity index (χ1n) is 23.9. The van der Waals surface area contributed by atoms with E-state index in [1.165, 1.54) is 161 Å². The van der Waals surface area contributed by atoms with E-state index in [1.54, 1.807) is 6.08 Å². The summed E-state index contributed by atoms with van der Waals surface area (Å²) in [5.74, 6) is -0.185. The summed E-state index contributed by atoms with van der Waals surface area (Å²) < 4.78 is 11.2. The Kier molecular flexibility index (Phi) is 36.1. The van der Waals surface area contributed by atoms with E-state index in [0.29, 0.717) is 6.42 Å². The number of allylic oxidation sites excluding steroid dienone is 1. The summed E-state index contributed by atoms with van der Waals surface area (Å²) in [5, 5.41) is 53.9. The minimum atomic E-state index is -1.56. The van der Waals surface area contributed by atoms with Crippen LogP contribution in [-0.4, -0.2) is 87.5 Å². The number of hydrogen-bond donors (Lipinski definition) is 6. The molecule has 0 aromatic rings. The highest BCUT2D eigenvalue weighted by atomic mass is 16.7. The Bertz CT molecular complexity index is 888. The van der Waals surface area contributed by atoms with E-state index in [1.807, 2.05) is 6.08 Å². The van der Waals surface area contributed by atoms with Gasteiger partial charge in [-0.15, -0.1) is 0 Å². The Morgan fingerprint density at radius 1 is 0.589 bits per heavy atom. The number of nitrogens with one attached hydrogen (secondary N) is 1. The molecule has 1 aliphatic rings. The molecule has 0 aromatic heterocycles. The van der Waals surface area contributed by atoms with Crippen LogP contribution in [0.25, 0.3) is 0 Å². The number of ether oxygens (including phenoxy) is 2. The molecule has 332 valence electrons. The minimum absolute atomic E-state index is 0.185. The molecular formula is C47H91NO8. The molecule has 0 aliphatic carbocycles. The van der Waals surface area contributed by atoms with Crippen molar-refractivity contribution in [1.82, 2.24) is 5.32 Å². The molecule has 0 radical (unpaired) electrons. The lowest BCUT2D eigenvalue weighted by Gasteiger charge is -2.40. The number of aliphatic hydroxyl groups is 5. The molecule has 1 aliphatic heterocycles. The molecule has 9 nitrogen and oxygen atoms in total. The fourth-order valence-corrected chi connectivity index (χ4v) is 7.75. The lowest BCUT2D eigenvalue weighted by molar-refractivity contribution is -0.302.